The molecule has 0 bridgehead atoms. The Balaban J connectivity index is 1.55. The minimum absolute atomic E-state index is 0.0868. The standard InChI is InChI=1S/C23H25FN6O/c1-3-30(2)11-9-29(10-12-30)14-7-8-16-18(13-14)27-22(26-16)20-21(25)19-15(24)5-4-6-17(19)28-23(20)31/h4-8,13H,3,9-12H2,1-2H3,(H3-,25,26,27,28,31)/p+1. The number of hydrogen-bond donors (Lipinski definition) is 3. The van der Waals surface area contributed by atoms with Gasteiger partial charge in [0.05, 0.1) is 67.4 Å². The fourth-order valence-electron chi connectivity index (χ4n) is 4.40. The molecule has 0 amide bonds. The summed E-state index contributed by atoms with van der Waals surface area (Å²) in [6.45, 7) is 7.58. The van der Waals surface area contributed by atoms with E-state index in [0.29, 0.717) is 11.3 Å². The highest BCUT2D eigenvalue weighted by Gasteiger charge is 2.27. The lowest BCUT2D eigenvalue weighted by molar-refractivity contribution is -0.908. The number of pyridine rings is 1. The van der Waals surface area contributed by atoms with E-state index in [-0.39, 0.29) is 16.6 Å². The first-order valence-electron chi connectivity index (χ1n) is 10.6. The summed E-state index contributed by atoms with van der Waals surface area (Å²) in [4.78, 5) is 25.6. The zero-order valence-corrected chi connectivity index (χ0v) is 17.7. The number of rotatable bonds is 3. The number of aromatic amines is 2. The summed E-state index contributed by atoms with van der Waals surface area (Å²) in [7, 11) is 2.30. The number of fused-ring (bicyclic) bond motifs is 2. The first kappa shape index (κ1) is 19.6. The number of nitrogens with one attached hydrogen (secondary N) is 2. The quantitative estimate of drug-likeness (QED) is 0.444. The number of halogens is 1. The third-order valence-corrected chi connectivity index (χ3v) is 6.68. The van der Waals surface area contributed by atoms with Crippen LogP contribution in [-0.2, 0) is 0 Å². The van der Waals surface area contributed by atoms with E-state index < -0.39 is 11.4 Å². The largest absolute Gasteiger partial charge is 0.397 e. The van der Waals surface area contributed by atoms with Gasteiger partial charge in [0.25, 0.3) is 5.56 Å². The number of likely N-dealkylation sites (N-methyl/N-ethyl adjacent to an activating group) is 1. The van der Waals surface area contributed by atoms with Crippen molar-refractivity contribution in [2.45, 2.75) is 6.92 Å². The van der Waals surface area contributed by atoms with Gasteiger partial charge in [0.15, 0.2) is 0 Å². The number of H-pyrrole nitrogens is 2. The van der Waals surface area contributed by atoms with Crippen LogP contribution in [0, 0.1) is 5.82 Å². The molecule has 1 aliphatic rings. The predicted octanol–water partition coefficient (Wildman–Crippen LogP) is 3.08. The molecule has 1 saturated heterocycles. The van der Waals surface area contributed by atoms with Crippen molar-refractivity contribution in [2.75, 3.05) is 50.4 Å². The molecule has 3 heterocycles. The Morgan fingerprint density at radius 2 is 1.94 bits per heavy atom. The zero-order valence-electron chi connectivity index (χ0n) is 17.7. The Morgan fingerprint density at radius 1 is 1.16 bits per heavy atom. The average molecular weight is 422 g/mol. The lowest BCUT2D eigenvalue weighted by atomic mass is 10.1. The van der Waals surface area contributed by atoms with Crippen LogP contribution in [-0.4, -0.2) is 59.2 Å². The van der Waals surface area contributed by atoms with Crippen LogP contribution in [0.1, 0.15) is 6.92 Å². The van der Waals surface area contributed by atoms with Crippen LogP contribution in [0.5, 0.6) is 0 Å². The first-order valence-corrected chi connectivity index (χ1v) is 10.6. The number of quaternary nitrogens is 1. The lowest BCUT2D eigenvalue weighted by Gasteiger charge is -2.42. The van der Waals surface area contributed by atoms with Crippen LogP contribution in [0.3, 0.4) is 0 Å². The van der Waals surface area contributed by atoms with Crippen molar-refractivity contribution in [1.82, 2.24) is 15.0 Å². The van der Waals surface area contributed by atoms with Gasteiger partial charge in [-0.2, -0.15) is 0 Å². The van der Waals surface area contributed by atoms with Crippen molar-refractivity contribution < 1.29 is 8.87 Å². The van der Waals surface area contributed by atoms with Crippen molar-refractivity contribution in [3.05, 3.63) is 52.6 Å². The SMILES string of the molecule is CC[N+]1(C)CCN(c2ccc3nc(-c4c(N)c5c(F)cccc5[nH]c4=O)[nH]c3c2)CC1. The van der Waals surface area contributed by atoms with E-state index >= 15 is 0 Å². The Hall–Kier alpha value is -3.39. The second kappa shape index (κ2) is 7.09. The molecule has 160 valence electrons. The number of hydrogen-bond acceptors (Lipinski definition) is 4. The lowest BCUT2D eigenvalue weighted by Crippen LogP contribution is -2.57. The fraction of sp³-hybridized carbons (Fsp3) is 0.304. The van der Waals surface area contributed by atoms with Crippen LogP contribution in [0.4, 0.5) is 15.8 Å². The van der Waals surface area contributed by atoms with Crippen LogP contribution >= 0.6 is 0 Å². The third-order valence-electron chi connectivity index (χ3n) is 6.68. The van der Waals surface area contributed by atoms with Crippen LogP contribution in [0.2, 0.25) is 0 Å². The molecule has 4 N–H and O–H groups in total. The second-order valence-electron chi connectivity index (χ2n) is 8.56. The summed E-state index contributed by atoms with van der Waals surface area (Å²) in [6, 6.07) is 10.6. The van der Waals surface area contributed by atoms with Gasteiger partial charge in [-0.1, -0.05) is 6.07 Å². The summed E-state index contributed by atoms with van der Waals surface area (Å²) in [5.41, 5.74) is 9.11. The Kier molecular flexibility index (Phi) is 4.48. The van der Waals surface area contributed by atoms with Gasteiger partial charge in [0, 0.05) is 5.69 Å². The third kappa shape index (κ3) is 3.23. The molecule has 0 aliphatic carbocycles. The Labute approximate surface area is 178 Å². The summed E-state index contributed by atoms with van der Waals surface area (Å²) >= 11 is 0. The number of anilines is 2. The maximum atomic E-state index is 14.4. The minimum Gasteiger partial charge on any atom is -0.397 e. The van der Waals surface area contributed by atoms with E-state index in [0.717, 1.165) is 53.9 Å². The molecule has 2 aromatic carbocycles. The number of nitrogens with zero attached hydrogens (tertiary/aromatic N) is 3. The molecule has 0 radical (unpaired) electrons. The molecule has 0 saturated carbocycles. The highest BCUT2D eigenvalue weighted by molar-refractivity contribution is 5.98. The second-order valence-corrected chi connectivity index (χ2v) is 8.56. The predicted molar refractivity (Wildman–Crippen MR) is 123 cm³/mol. The fourth-order valence-corrected chi connectivity index (χ4v) is 4.40. The molecule has 0 spiro atoms. The molecular weight excluding hydrogens is 395 g/mol. The van der Waals surface area contributed by atoms with Gasteiger partial charge in [-0.15, -0.1) is 0 Å². The maximum absolute atomic E-state index is 14.4. The molecule has 7 nitrogen and oxygen atoms in total. The van der Waals surface area contributed by atoms with E-state index in [2.05, 4.69) is 46.0 Å². The molecule has 0 unspecified atom stereocenters. The van der Waals surface area contributed by atoms with E-state index in [1.54, 1.807) is 6.07 Å². The molecule has 31 heavy (non-hydrogen) atoms. The van der Waals surface area contributed by atoms with Gasteiger partial charge in [0.1, 0.15) is 17.2 Å². The molecule has 8 heteroatoms. The molecule has 0 atom stereocenters. The molecular formula is C23H26FN6O+. The number of nitrogens with two attached hydrogens (primary N) is 1. The summed E-state index contributed by atoms with van der Waals surface area (Å²) < 4.78 is 15.5. The summed E-state index contributed by atoms with van der Waals surface area (Å²) in [6.07, 6.45) is 0. The highest BCUT2D eigenvalue weighted by atomic mass is 19.1. The van der Waals surface area contributed by atoms with Crippen molar-refractivity contribution in [3.8, 4) is 11.4 Å². The van der Waals surface area contributed by atoms with Crippen LogP contribution in [0.15, 0.2) is 41.2 Å². The smallest absolute Gasteiger partial charge is 0.261 e. The monoisotopic (exact) mass is 421 g/mol. The number of aromatic nitrogens is 3. The van der Waals surface area contributed by atoms with Gasteiger partial charge in [0.2, 0.25) is 0 Å². The van der Waals surface area contributed by atoms with Crippen molar-refractivity contribution in [2.24, 2.45) is 0 Å². The number of piperazine rings is 1. The van der Waals surface area contributed by atoms with E-state index in [9.17, 15) is 9.18 Å². The van der Waals surface area contributed by atoms with Crippen LogP contribution in [0.25, 0.3) is 33.3 Å². The van der Waals surface area contributed by atoms with Gasteiger partial charge >= 0.3 is 0 Å². The van der Waals surface area contributed by atoms with Crippen LogP contribution < -0.4 is 16.2 Å². The van der Waals surface area contributed by atoms with E-state index in [1.165, 1.54) is 12.1 Å². The molecule has 2 aromatic heterocycles. The normalized spacial score (nSPS) is 16.3. The van der Waals surface area contributed by atoms with Gasteiger partial charge in [-0.3, -0.25) is 4.79 Å². The van der Waals surface area contributed by atoms with E-state index in [1.807, 2.05) is 6.07 Å². The molecule has 4 aromatic rings. The van der Waals surface area contributed by atoms with Crippen molar-refractivity contribution >= 4 is 33.3 Å². The average Bonchev–Trinajstić information content (AvgIpc) is 3.16. The van der Waals surface area contributed by atoms with Gasteiger partial charge in [-0.05, 0) is 37.3 Å². The highest BCUT2D eigenvalue weighted by Crippen LogP contribution is 2.31. The van der Waals surface area contributed by atoms with Gasteiger partial charge < -0.3 is 25.1 Å². The zero-order chi connectivity index (χ0) is 21.8. The van der Waals surface area contributed by atoms with Gasteiger partial charge in [-0.25, -0.2) is 9.37 Å². The molecule has 1 fully saturated rings. The van der Waals surface area contributed by atoms with Crippen molar-refractivity contribution in [3.63, 3.8) is 0 Å². The summed E-state index contributed by atoms with van der Waals surface area (Å²) in [5.74, 6) is -0.140. The Morgan fingerprint density at radius 3 is 2.68 bits per heavy atom. The number of benzene rings is 2. The first-order chi connectivity index (χ1) is 14.9. The van der Waals surface area contributed by atoms with E-state index in [4.69, 9.17) is 5.73 Å². The summed E-state index contributed by atoms with van der Waals surface area (Å²) in [5, 5.41) is 0.198. The number of imidazole rings is 1. The molecule has 1 aliphatic heterocycles. The topological polar surface area (TPSA) is 90.8 Å². The maximum Gasteiger partial charge on any atom is 0.261 e. The van der Waals surface area contributed by atoms with Crippen molar-refractivity contribution in [1.29, 1.82) is 0 Å². The Bertz CT molecular complexity index is 1350. The molecule has 5 rings (SSSR count). The number of nitrogen functional groups attached to an aromatic ring is 1. The minimum atomic E-state index is -0.478.